The van der Waals surface area contributed by atoms with E-state index in [0.717, 1.165) is 24.3 Å². The highest BCUT2D eigenvalue weighted by Gasteiger charge is 2.29. The number of rotatable bonds is 6. The topological polar surface area (TPSA) is 30.0 Å². The third-order valence-corrected chi connectivity index (χ3v) is 4.85. The molecular formula is C18H27NO. The van der Waals surface area contributed by atoms with Crippen LogP contribution < -0.4 is 0 Å². The Kier molecular flexibility index (Phi) is 5.75. The van der Waals surface area contributed by atoms with Crippen LogP contribution in [0, 0.1) is 11.8 Å². The molecule has 0 radical (unpaired) electrons. The van der Waals surface area contributed by atoms with Gasteiger partial charge in [0.05, 0.1) is 0 Å². The van der Waals surface area contributed by atoms with Crippen molar-refractivity contribution >= 4 is 5.78 Å². The van der Waals surface area contributed by atoms with E-state index in [1.165, 1.54) is 32.1 Å². The summed E-state index contributed by atoms with van der Waals surface area (Å²) >= 11 is 0. The third kappa shape index (κ3) is 3.91. The Balaban J connectivity index is 1.85. The van der Waals surface area contributed by atoms with E-state index in [4.69, 9.17) is 0 Å². The third-order valence-electron chi connectivity index (χ3n) is 4.85. The molecule has 0 aromatic carbocycles. The Hall–Kier alpha value is -1.18. The molecule has 2 rings (SSSR count). The van der Waals surface area contributed by atoms with Gasteiger partial charge in [0.1, 0.15) is 5.78 Å². The first-order valence-corrected chi connectivity index (χ1v) is 8.16. The van der Waals surface area contributed by atoms with Crippen molar-refractivity contribution in [1.82, 2.24) is 4.98 Å². The van der Waals surface area contributed by atoms with Crippen LogP contribution in [-0.4, -0.2) is 10.8 Å². The molecule has 1 aliphatic rings. The largest absolute Gasteiger partial charge is 0.299 e. The molecule has 1 heterocycles. The van der Waals surface area contributed by atoms with Gasteiger partial charge in [-0.05, 0) is 49.3 Å². The fraction of sp³-hybridized carbons (Fsp3) is 0.667. The lowest BCUT2D eigenvalue weighted by atomic mass is 9.75. The Morgan fingerprint density at radius 1 is 1.25 bits per heavy atom. The summed E-state index contributed by atoms with van der Waals surface area (Å²) in [5, 5.41) is 0. The number of ketones is 1. The van der Waals surface area contributed by atoms with Gasteiger partial charge in [-0.25, -0.2) is 0 Å². The van der Waals surface area contributed by atoms with Crippen LogP contribution >= 0.6 is 0 Å². The summed E-state index contributed by atoms with van der Waals surface area (Å²) in [5.41, 5.74) is 1.11. The van der Waals surface area contributed by atoms with Crippen molar-refractivity contribution in [2.75, 3.05) is 0 Å². The molecule has 0 bridgehead atoms. The second-order valence-electron chi connectivity index (χ2n) is 6.26. The molecule has 2 nitrogen and oxygen atoms in total. The van der Waals surface area contributed by atoms with Crippen LogP contribution in [0.4, 0.5) is 0 Å². The highest BCUT2D eigenvalue weighted by molar-refractivity contribution is 5.87. The molecule has 1 aromatic heterocycles. The Morgan fingerprint density at radius 2 is 1.90 bits per heavy atom. The van der Waals surface area contributed by atoms with Crippen LogP contribution in [0.1, 0.15) is 70.3 Å². The number of aromatic nitrogens is 1. The van der Waals surface area contributed by atoms with Gasteiger partial charge in [-0.1, -0.05) is 33.1 Å². The molecule has 0 N–H and O–H groups in total. The lowest BCUT2D eigenvalue weighted by molar-refractivity contribution is -0.125. The maximum absolute atomic E-state index is 12.6. The zero-order valence-electron chi connectivity index (χ0n) is 12.8. The van der Waals surface area contributed by atoms with Crippen LogP contribution in [0.15, 0.2) is 24.5 Å². The first-order chi connectivity index (χ1) is 9.72. The first-order valence-electron chi connectivity index (χ1n) is 8.16. The second-order valence-corrected chi connectivity index (χ2v) is 6.26. The molecule has 1 atom stereocenters. The van der Waals surface area contributed by atoms with Gasteiger partial charge in [-0.15, -0.1) is 0 Å². The second kappa shape index (κ2) is 7.56. The van der Waals surface area contributed by atoms with E-state index in [1.807, 2.05) is 19.1 Å². The summed E-state index contributed by atoms with van der Waals surface area (Å²) in [5.74, 6) is 1.62. The molecule has 2 heteroatoms. The van der Waals surface area contributed by atoms with Crippen LogP contribution in [0.25, 0.3) is 0 Å². The summed E-state index contributed by atoms with van der Waals surface area (Å²) in [7, 11) is 0. The lowest BCUT2D eigenvalue weighted by Crippen LogP contribution is -2.25. The smallest absolute Gasteiger partial charge is 0.143 e. The van der Waals surface area contributed by atoms with Gasteiger partial charge in [-0.3, -0.25) is 9.78 Å². The standard InChI is InChI=1S/C18H27NO/c1-3-4-5-15-6-8-17(9-7-15)18(20)14(2)16-10-12-19-13-11-16/h10-15,17H,3-9H2,1-2H3. The Labute approximate surface area is 123 Å². The number of nitrogens with zero attached hydrogens (tertiary/aromatic N) is 1. The van der Waals surface area contributed by atoms with Crippen LogP contribution in [-0.2, 0) is 4.79 Å². The predicted octanol–water partition coefficient (Wildman–Crippen LogP) is 4.75. The summed E-state index contributed by atoms with van der Waals surface area (Å²) in [6, 6.07) is 3.94. The van der Waals surface area contributed by atoms with E-state index >= 15 is 0 Å². The first kappa shape index (κ1) is 15.2. The van der Waals surface area contributed by atoms with E-state index < -0.39 is 0 Å². The highest BCUT2D eigenvalue weighted by atomic mass is 16.1. The molecule has 1 fully saturated rings. The maximum Gasteiger partial charge on any atom is 0.143 e. The minimum Gasteiger partial charge on any atom is -0.299 e. The van der Waals surface area contributed by atoms with Gasteiger partial charge < -0.3 is 0 Å². The number of hydrogen-bond donors (Lipinski definition) is 0. The van der Waals surface area contributed by atoms with Gasteiger partial charge in [0.25, 0.3) is 0 Å². The normalized spacial score (nSPS) is 24.3. The number of carbonyl (C=O) groups excluding carboxylic acids is 1. The van der Waals surface area contributed by atoms with Crippen LogP contribution in [0.3, 0.4) is 0 Å². The number of pyridine rings is 1. The van der Waals surface area contributed by atoms with Crippen molar-refractivity contribution in [2.24, 2.45) is 11.8 Å². The minimum atomic E-state index is 0.0233. The van der Waals surface area contributed by atoms with Gasteiger partial charge in [0.2, 0.25) is 0 Å². The zero-order valence-corrected chi connectivity index (χ0v) is 12.8. The zero-order chi connectivity index (χ0) is 14.4. The fourth-order valence-electron chi connectivity index (χ4n) is 3.40. The van der Waals surface area contributed by atoms with Crippen LogP contribution in [0.5, 0.6) is 0 Å². The predicted molar refractivity (Wildman–Crippen MR) is 82.6 cm³/mol. The fourth-order valence-corrected chi connectivity index (χ4v) is 3.40. The lowest BCUT2D eigenvalue weighted by Gasteiger charge is -2.29. The maximum atomic E-state index is 12.6. The van der Waals surface area contributed by atoms with E-state index in [9.17, 15) is 4.79 Å². The van der Waals surface area contributed by atoms with E-state index in [-0.39, 0.29) is 11.8 Å². The van der Waals surface area contributed by atoms with E-state index in [1.54, 1.807) is 12.4 Å². The summed E-state index contributed by atoms with van der Waals surface area (Å²) < 4.78 is 0. The average molecular weight is 273 g/mol. The molecule has 1 aromatic rings. The van der Waals surface area contributed by atoms with Gasteiger partial charge in [0, 0.05) is 24.2 Å². The molecule has 110 valence electrons. The molecule has 1 saturated carbocycles. The van der Waals surface area contributed by atoms with Crippen LogP contribution in [0.2, 0.25) is 0 Å². The van der Waals surface area contributed by atoms with Gasteiger partial charge in [-0.2, -0.15) is 0 Å². The van der Waals surface area contributed by atoms with Crippen molar-refractivity contribution in [2.45, 2.75) is 64.7 Å². The molecule has 20 heavy (non-hydrogen) atoms. The van der Waals surface area contributed by atoms with E-state index in [2.05, 4.69) is 11.9 Å². The molecule has 1 unspecified atom stereocenters. The van der Waals surface area contributed by atoms with Crippen molar-refractivity contribution in [3.05, 3.63) is 30.1 Å². The van der Waals surface area contributed by atoms with Gasteiger partial charge in [0.15, 0.2) is 0 Å². The number of Topliss-reactive ketones (excluding diaryl/α,β-unsaturated/α-hetero) is 1. The quantitative estimate of drug-likeness (QED) is 0.748. The SMILES string of the molecule is CCCCC1CCC(C(=O)C(C)c2ccncc2)CC1. The monoisotopic (exact) mass is 273 g/mol. The Morgan fingerprint density at radius 3 is 2.50 bits per heavy atom. The molecular weight excluding hydrogens is 246 g/mol. The minimum absolute atomic E-state index is 0.0233. The molecule has 1 aliphatic carbocycles. The molecule has 0 spiro atoms. The average Bonchev–Trinajstić information content (AvgIpc) is 2.53. The van der Waals surface area contributed by atoms with Crippen molar-refractivity contribution < 1.29 is 4.79 Å². The number of hydrogen-bond acceptors (Lipinski definition) is 2. The Bertz CT molecular complexity index is 407. The number of carbonyl (C=O) groups is 1. The number of unbranched alkanes of at least 4 members (excludes halogenated alkanes) is 1. The van der Waals surface area contributed by atoms with Gasteiger partial charge >= 0.3 is 0 Å². The van der Waals surface area contributed by atoms with Crippen molar-refractivity contribution in [1.29, 1.82) is 0 Å². The highest BCUT2D eigenvalue weighted by Crippen LogP contribution is 2.35. The van der Waals surface area contributed by atoms with Crippen molar-refractivity contribution in [3.8, 4) is 0 Å². The van der Waals surface area contributed by atoms with Crippen molar-refractivity contribution in [3.63, 3.8) is 0 Å². The molecule has 0 saturated heterocycles. The summed E-state index contributed by atoms with van der Waals surface area (Å²) in [6.07, 6.45) is 12.2. The summed E-state index contributed by atoms with van der Waals surface area (Å²) in [6.45, 7) is 4.30. The molecule has 0 amide bonds. The molecule has 0 aliphatic heterocycles. The summed E-state index contributed by atoms with van der Waals surface area (Å²) in [4.78, 5) is 16.6. The van der Waals surface area contributed by atoms with E-state index in [0.29, 0.717) is 5.78 Å².